The molecule has 0 spiro atoms. The van der Waals surface area contributed by atoms with Gasteiger partial charge in [-0.15, -0.1) is 0 Å². The number of hydrogen-bond donors (Lipinski definition) is 2. The summed E-state index contributed by atoms with van der Waals surface area (Å²) in [5.41, 5.74) is 5.74. The standard InChI is InChI=1S/C9H17N3O/c10-7-3-4-12(5-7)6-9(13)11-8-1-2-8/h7-8H,1-6,10H2,(H,11,13). The van der Waals surface area contributed by atoms with Crippen LogP contribution in [-0.2, 0) is 4.79 Å². The van der Waals surface area contributed by atoms with Gasteiger partial charge in [-0.05, 0) is 19.3 Å². The summed E-state index contributed by atoms with van der Waals surface area (Å²) in [6, 6.07) is 0.748. The third-order valence-corrected chi connectivity index (χ3v) is 2.62. The number of rotatable bonds is 3. The minimum atomic E-state index is 0.164. The number of nitrogens with zero attached hydrogens (tertiary/aromatic N) is 1. The molecule has 1 aliphatic carbocycles. The van der Waals surface area contributed by atoms with Crippen LogP contribution in [0.4, 0.5) is 0 Å². The lowest BCUT2D eigenvalue weighted by Crippen LogP contribution is -2.38. The van der Waals surface area contributed by atoms with Gasteiger partial charge in [0, 0.05) is 25.2 Å². The average molecular weight is 183 g/mol. The summed E-state index contributed by atoms with van der Waals surface area (Å²) in [5, 5.41) is 2.97. The number of amides is 1. The number of hydrogen-bond acceptors (Lipinski definition) is 3. The highest BCUT2D eigenvalue weighted by Gasteiger charge is 2.26. The SMILES string of the molecule is NC1CCN(CC(=O)NC2CC2)C1. The first kappa shape index (κ1) is 8.97. The maximum Gasteiger partial charge on any atom is 0.234 e. The predicted octanol–water partition coefficient (Wildman–Crippen LogP) is -0.702. The van der Waals surface area contributed by atoms with E-state index < -0.39 is 0 Å². The van der Waals surface area contributed by atoms with Gasteiger partial charge < -0.3 is 11.1 Å². The van der Waals surface area contributed by atoms with E-state index in [1.165, 1.54) is 0 Å². The molecule has 0 bridgehead atoms. The zero-order valence-corrected chi connectivity index (χ0v) is 7.83. The number of carbonyl (C=O) groups is 1. The van der Waals surface area contributed by atoms with Gasteiger partial charge in [-0.25, -0.2) is 0 Å². The third-order valence-electron chi connectivity index (χ3n) is 2.62. The molecule has 1 amide bonds. The zero-order valence-electron chi connectivity index (χ0n) is 7.83. The molecule has 1 saturated carbocycles. The predicted molar refractivity (Wildman–Crippen MR) is 50.2 cm³/mol. The topological polar surface area (TPSA) is 58.4 Å². The van der Waals surface area contributed by atoms with E-state index in [9.17, 15) is 4.79 Å². The molecule has 3 N–H and O–H groups in total. The second-order valence-electron chi connectivity index (χ2n) is 4.13. The second kappa shape index (κ2) is 3.64. The van der Waals surface area contributed by atoms with Crippen LogP contribution in [0.5, 0.6) is 0 Å². The van der Waals surface area contributed by atoms with Gasteiger partial charge in [-0.2, -0.15) is 0 Å². The van der Waals surface area contributed by atoms with Crippen LogP contribution in [0.3, 0.4) is 0 Å². The Hall–Kier alpha value is -0.610. The van der Waals surface area contributed by atoms with Crippen molar-refractivity contribution in [3.05, 3.63) is 0 Å². The molecule has 0 radical (unpaired) electrons. The molecular formula is C9H17N3O. The quantitative estimate of drug-likeness (QED) is 0.608. The highest BCUT2D eigenvalue weighted by Crippen LogP contribution is 2.18. The summed E-state index contributed by atoms with van der Waals surface area (Å²) < 4.78 is 0. The lowest BCUT2D eigenvalue weighted by molar-refractivity contribution is -0.122. The van der Waals surface area contributed by atoms with Gasteiger partial charge in [-0.1, -0.05) is 0 Å². The molecule has 0 aromatic rings. The van der Waals surface area contributed by atoms with Crippen molar-refractivity contribution < 1.29 is 4.79 Å². The van der Waals surface area contributed by atoms with Crippen LogP contribution in [0, 0.1) is 0 Å². The van der Waals surface area contributed by atoms with Crippen LogP contribution < -0.4 is 11.1 Å². The first-order valence-corrected chi connectivity index (χ1v) is 5.01. The van der Waals surface area contributed by atoms with E-state index in [1.54, 1.807) is 0 Å². The molecule has 2 aliphatic rings. The molecule has 4 nitrogen and oxygen atoms in total. The number of likely N-dealkylation sites (tertiary alicyclic amines) is 1. The van der Waals surface area contributed by atoms with E-state index in [0.717, 1.165) is 32.4 Å². The summed E-state index contributed by atoms with van der Waals surface area (Å²) in [5.74, 6) is 0.164. The Morgan fingerprint density at radius 1 is 1.46 bits per heavy atom. The fourth-order valence-corrected chi connectivity index (χ4v) is 1.71. The maximum absolute atomic E-state index is 11.4. The summed E-state index contributed by atoms with van der Waals surface area (Å²) in [4.78, 5) is 13.5. The molecule has 1 unspecified atom stereocenters. The molecule has 1 aliphatic heterocycles. The van der Waals surface area contributed by atoms with E-state index in [2.05, 4.69) is 10.2 Å². The van der Waals surface area contributed by atoms with Crippen LogP contribution in [-0.4, -0.2) is 42.5 Å². The highest BCUT2D eigenvalue weighted by atomic mass is 16.2. The Balaban J connectivity index is 1.67. The second-order valence-corrected chi connectivity index (χ2v) is 4.13. The maximum atomic E-state index is 11.4. The Morgan fingerprint density at radius 2 is 2.23 bits per heavy atom. The van der Waals surface area contributed by atoms with Crippen molar-refractivity contribution >= 4 is 5.91 Å². The van der Waals surface area contributed by atoms with E-state index in [1.807, 2.05) is 0 Å². The lowest BCUT2D eigenvalue weighted by Gasteiger charge is -2.14. The highest BCUT2D eigenvalue weighted by molar-refractivity contribution is 5.78. The van der Waals surface area contributed by atoms with Crippen molar-refractivity contribution in [2.75, 3.05) is 19.6 Å². The van der Waals surface area contributed by atoms with Gasteiger partial charge in [-0.3, -0.25) is 9.69 Å². The Morgan fingerprint density at radius 3 is 2.77 bits per heavy atom. The monoisotopic (exact) mass is 183 g/mol. The fourth-order valence-electron chi connectivity index (χ4n) is 1.71. The molecule has 1 saturated heterocycles. The molecular weight excluding hydrogens is 166 g/mol. The number of carbonyl (C=O) groups excluding carboxylic acids is 1. The summed E-state index contributed by atoms with van der Waals surface area (Å²) >= 11 is 0. The van der Waals surface area contributed by atoms with Gasteiger partial charge >= 0.3 is 0 Å². The Kier molecular flexibility index (Phi) is 2.51. The minimum absolute atomic E-state index is 0.164. The Labute approximate surface area is 78.5 Å². The molecule has 74 valence electrons. The van der Waals surface area contributed by atoms with Crippen molar-refractivity contribution in [3.63, 3.8) is 0 Å². The van der Waals surface area contributed by atoms with Gasteiger partial charge in [0.2, 0.25) is 5.91 Å². The molecule has 2 rings (SSSR count). The largest absolute Gasteiger partial charge is 0.352 e. The molecule has 0 aromatic carbocycles. The van der Waals surface area contributed by atoms with E-state index in [4.69, 9.17) is 5.73 Å². The van der Waals surface area contributed by atoms with Gasteiger partial charge in [0.1, 0.15) is 0 Å². The van der Waals surface area contributed by atoms with E-state index in [0.29, 0.717) is 12.6 Å². The minimum Gasteiger partial charge on any atom is -0.352 e. The molecule has 4 heteroatoms. The zero-order chi connectivity index (χ0) is 9.26. The van der Waals surface area contributed by atoms with Crippen molar-refractivity contribution in [2.45, 2.75) is 31.3 Å². The fraction of sp³-hybridized carbons (Fsp3) is 0.889. The van der Waals surface area contributed by atoms with Crippen LogP contribution in [0.15, 0.2) is 0 Å². The average Bonchev–Trinajstić information content (AvgIpc) is 2.76. The number of nitrogens with one attached hydrogen (secondary N) is 1. The molecule has 1 heterocycles. The smallest absolute Gasteiger partial charge is 0.234 e. The van der Waals surface area contributed by atoms with Crippen LogP contribution in [0.25, 0.3) is 0 Å². The summed E-state index contributed by atoms with van der Waals surface area (Å²) in [6.07, 6.45) is 3.34. The van der Waals surface area contributed by atoms with Crippen molar-refractivity contribution in [2.24, 2.45) is 5.73 Å². The summed E-state index contributed by atoms with van der Waals surface area (Å²) in [6.45, 7) is 2.38. The first-order chi connectivity index (χ1) is 6.24. The molecule has 1 atom stereocenters. The van der Waals surface area contributed by atoms with Crippen molar-refractivity contribution in [3.8, 4) is 0 Å². The first-order valence-electron chi connectivity index (χ1n) is 5.01. The van der Waals surface area contributed by atoms with Crippen molar-refractivity contribution in [1.82, 2.24) is 10.2 Å². The lowest BCUT2D eigenvalue weighted by atomic mass is 10.3. The molecule has 0 aromatic heterocycles. The van der Waals surface area contributed by atoms with Crippen LogP contribution >= 0.6 is 0 Å². The Bertz CT molecular complexity index is 203. The molecule has 13 heavy (non-hydrogen) atoms. The number of nitrogens with two attached hydrogens (primary N) is 1. The molecule has 2 fully saturated rings. The van der Waals surface area contributed by atoms with Gasteiger partial charge in [0.05, 0.1) is 6.54 Å². The van der Waals surface area contributed by atoms with Crippen molar-refractivity contribution in [1.29, 1.82) is 0 Å². The van der Waals surface area contributed by atoms with Crippen LogP contribution in [0.1, 0.15) is 19.3 Å². The van der Waals surface area contributed by atoms with E-state index >= 15 is 0 Å². The van der Waals surface area contributed by atoms with Gasteiger partial charge in [0.15, 0.2) is 0 Å². The normalized spacial score (nSPS) is 29.2. The third kappa shape index (κ3) is 2.67. The van der Waals surface area contributed by atoms with Gasteiger partial charge in [0.25, 0.3) is 0 Å². The van der Waals surface area contributed by atoms with E-state index in [-0.39, 0.29) is 11.9 Å². The summed E-state index contributed by atoms with van der Waals surface area (Å²) in [7, 11) is 0. The van der Waals surface area contributed by atoms with Crippen LogP contribution in [0.2, 0.25) is 0 Å².